The maximum atomic E-state index is 11.5. The van der Waals surface area contributed by atoms with Gasteiger partial charge in [-0.2, -0.15) is 5.10 Å². The summed E-state index contributed by atoms with van der Waals surface area (Å²) in [5.41, 5.74) is 0. The molecule has 1 rings (SSSR count). The fourth-order valence-electron chi connectivity index (χ4n) is 1.24. The zero-order valence-corrected chi connectivity index (χ0v) is 9.50. The number of carbonyl (C=O) groups is 2. The molecule has 94 valence electrons. The van der Waals surface area contributed by atoms with Gasteiger partial charge in [-0.1, -0.05) is 0 Å². The van der Waals surface area contributed by atoms with E-state index < -0.39 is 18.6 Å². The molecule has 1 aromatic rings. The normalized spacial score (nSPS) is 11.9. The van der Waals surface area contributed by atoms with Crippen LogP contribution in [0.25, 0.3) is 0 Å². The Kier molecular flexibility index (Phi) is 5.15. The van der Waals surface area contributed by atoms with Crippen molar-refractivity contribution in [3.8, 4) is 0 Å². The molecular formula is C10H15N3O4. The molecular weight excluding hydrogens is 226 g/mol. The quantitative estimate of drug-likeness (QED) is 0.618. The van der Waals surface area contributed by atoms with Crippen molar-refractivity contribution in [2.45, 2.75) is 19.0 Å². The van der Waals surface area contributed by atoms with Gasteiger partial charge in [-0.15, -0.1) is 0 Å². The molecule has 0 spiro atoms. The number of nitrogens with one attached hydrogen (secondary N) is 1. The molecule has 0 aromatic carbocycles. The molecule has 1 aromatic heterocycles. The van der Waals surface area contributed by atoms with Crippen LogP contribution in [0.2, 0.25) is 0 Å². The van der Waals surface area contributed by atoms with Gasteiger partial charge in [0.25, 0.3) is 0 Å². The van der Waals surface area contributed by atoms with Crippen molar-refractivity contribution in [3.63, 3.8) is 0 Å². The third-order valence-corrected chi connectivity index (χ3v) is 2.13. The van der Waals surface area contributed by atoms with E-state index in [1.807, 2.05) is 0 Å². The lowest BCUT2D eigenvalue weighted by molar-refractivity contribution is -0.146. The standard InChI is InChI=1S/C10H15N3O4/c1-17-10(16)8(7-14)12-9(15)3-6-13-5-2-4-11-13/h2,4-5,8,14H,3,6-7H2,1H3,(H,12,15). The Morgan fingerprint density at radius 2 is 2.35 bits per heavy atom. The highest BCUT2D eigenvalue weighted by Gasteiger charge is 2.19. The average Bonchev–Trinajstić information content (AvgIpc) is 2.85. The summed E-state index contributed by atoms with van der Waals surface area (Å²) in [6.45, 7) is -0.0711. The van der Waals surface area contributed by atoms with E-state index in [2.05, 4.69) is 15.2 Å². The van der Waals surface area contributed by atoms with Crippen molar-refractivity contribution in [3.05, 3.63) is 18.5 Å². The lowest BCUT2D eigenvalue weighted by Gasteiger charge is -2.13. The maximum absolute atomic E-state index is 11.5. The number of carbonyl (C=O) groups excluding carboxylic acids is 2. The van der Waals surface area contributed by atoms with Gasteiger partial charge in [-0.05, 0) is 6.07 Å². The van der Waals surface area contributed by atoms with E-state index in [-0.39, 0.29) is 12.3 Å². The van der Waals surface area contributed by atoms with Crippen molar-refractivity contribution in [2.24, 2.45) is 0 Å². The van der Waals surface area contributed by atoms with Crippen molar-refractivity contribution < 1.29 is 19.4 Å². The molecule has 7 nitrogen and oxygen atoms in total. The van der Waals surface area contributed by atoms with Gasteiger partial charge in [-0.3, -0.25) is 9.48 Å². The van der Waals surface area contributed by atoms with E-state index in [4.69, 9.17) is 5.11 Å². The lowest BCUT2D eigenvalue weighted by atomic mass is 10.3. The minimum Gasteiger partial charge on any atom is -0.467 e. The molecule has 0 bridgehead atoms. The minimum absolute atomic E-state index is 0.176. The van der Waals surface area contributed by atoms with Gasteiger partial charge in [0.05, 0.1) is 13.7 Å². The predicted octanol–water partition coefficient (Wildman–Crippen LogP) is -1.08. The van der Waals surface area contributed by atoms with Gasteiger partial charge < -0.3 is 15.2 Å². The Morgan fingerprint density at radius 3 is 2.88 bits per heavy atom. The van der Waals surface area contributed by atoms with Crippen LogP contribution in [0.1, 0.15) is 6.42 Å². The van der Waals surface area contributed by atoms with E-state index in [0.29, 0.717) is 6.54 Å². The third-order valence-electron chi connectivity index (χ3n) is 2.13. The second-order valence-corrected chi connectivity index (χ2v) is 3.34. The van der Waals surface area contributed by atoms with Crippen LogP contribution in [-0.2, 0) is 20.9 Å². The largest absolute Gasteiger partial charge is 0.467 e. The first-order valence-electron chi connectivity index (χ1n) is 5.13. The topological polar surface area (TPSA) is 93.5 Å². The number of hydrogen-bond acceptors (Lipinski definition) is 5. The number of ether oxygens (including phenoxy) is 1. The first-order valence-corrected chi connectivity index (χ1v) is 5.13. The van der Waals surface area contributed by atoms with E-state index in [9.17, 15) is 9.59 Å². The molecule has 1 atom stereocenters. The SMILES string of the molecule is COC(=O)C(CO)NC(=O)CCn1cccn1. The number of nitrogens with zero attached hydrogens (tertiary/aromatic N) is 2. The van der Waals surface area contributed by atoms with Gasteiger partial charge in [0.1, 0.15) is 0 Å². The number of aryl methyl sites for hydroxylation is 1. The van der Waals surface area contributed by atoms with Crippen LogP contribution in [-0.4, -0.2) is 46.5 Å². The molecule has 0 aliphatic heterocycles. The van der Waals surface area contributed by atoms with E-state index in [1.54, 1.807) is 23.1 Å². The maximum Gasteiger partial charge on any atom is 0.330 e. The van der Waals surface area contributed by atoms with Gasteiger partial charge in [0, 0.05) is 25.4 Å². The lowest BCUT2D eigenvalue weighted by Crippen LogP contribution is -2.44. The van der Waals surface area contributed by atoms with Gasteiger partial charge >= 0.3 is 5.97 Å². The number of aromatic nitrogens is 2. The number of aliphatic hydroxyl groups excluding tert-OH is 1. The van der Waals surface area contributed by atoms with Crippen molar-refractivity contribution >= 4 is 11.9 Å². The summed E-state index contributed by atoms with van der Waals surface area (Å²) in [5, 5.41) is 15.2. The van der Waals surface area contributed by atoms with Gasteiger partial charge in [-0.25, -0.2) is 4.79 Å². The summed E-state index contributed by atoms with van der Waals surface area (Å²) in [5.74, 6) is -1.01. The minimum atomic E-state index is -1.01. The molecule has 17 heavy (non-hydrogen) atoms. The third kappa shape index (κ3) is 4.23. The van der Waals surface area contributed by atoms with Crippen molar-refractivity contribution in [1.29, 1.82) is 0 Å². The Labute approximate surface area is 98.4 Å². The zero-order chi connectivity index (χ0) is 12.7. The van der Waals surface area contributed by atoms with Gasteiger partial charge in [0.2, 0.25) is 5.91 Å². The molecule has 7 heteroatoms. The number of esters is 1. The van der Waals surface area contributed by atoms with Crippen LogP contribution < -0.4 is 5.32 Å². The second-order valence-electron chi connectivity index (χ2n) is 3.34. The average molecular weight is 241 g/mol. The smallest absolute Gasteiger partial charge is 0.330 e. The van der Waals surface area contributed by atoms with Crippen LogP contribution in [0.4, 0.5) is 0 Å². The molecule has 1 unspecified atom stereocenters. The van der Waals surface area contributed by atoms with Crippen LogP contribution in [0.15, 0.2) is 18.5 Å². The fraction of sp³-hybridized carbons (Fsp3) is 0.500. The second kappa shape index (κ2) is 6.64. The highest BCUT2D eigenvalue weighted by Crippen LogP contribution is 1.92. The van der Waals surface area contributed by atoms with Crippen LogP contribution in [0.3, 0.4) is 0 Å². The first-order chi connectivity index (χ1) is 8.17. The summed E-state index contributed by atoms with van der Waals surface area (Å²) in [6.07, 6.45) is 3.52. The number of aliphatic hydroxyl groups is 1. The number of amides is 1. The summed E-state index contributed by atoms with van der Waals surface area (Å²) in [4.78, 5) is 22.6. The summed E-state index contributed by atoms with van der Waals surface area (Å²) in [6, 6.07) is 0.744. The summed E-state index contributed by atoms with van der Waals surface area (Å²) >= 11 is 0. The number of hydrogen-bond donors (Lipinski definition) is 2. The molecule has 2 N–H and O–H groups in total. The monoisotopic (exact) mass is 241 g/mol. The number of methoxy groups -OCH3 is 1. The Hall–Kier alpha value is -1.89. The van der Waals surface area contributed by atoms with Crippen molar-refractivity contribution in [2.75, 3.05) is 13.7 Å². The highest BCUT2D eigenvalue weighted by atomic mass is 16.5. The summed E-state index contributed by atoms with van der Waals surface area (Å²) in [7, 11) is 1.20. The van der Waals surface area contributed by atoms with E-state index in [1.165, 1.54) is 7.11 Å². The molecule has 0 aliphatic carbocycles. The van der Waals surface area contributed by atoms with Crippen LogP contribution in [0.5, 0.6) is 0 Å². The van der Waals surface area contributed by atoms with E-state index in [0.717, 1.165) is 0 Å². The van der Waals surface area contributed by atoms with Gasteiger partial charge in [0.15, 0.2) is 6.04 Å². The molecule has 0 fully saturated rings. The predicted molar refractivity (Wildman–Crippen MR) is 57.9 cm³/mol. The number of rotatable bonds is 6. The Bertz CT molecular complexity index is 364. The summed E-state index contributed by atoms with van der Waals surface area (Å²) < 4.78 is 6.03. The molecule has 0 saturated carbocycles. The molecule has 1 amide bonds. The van der Waals surface area contributed by atoms with E-state index >= 15 is 0 Å². The Morgan fingerprint density at radius 1 is 1.59 bits per heavy atom. The van der Waals surface area contributed by atoms with Crippen LogP contribution in [0, 0.1) is 0 Å². The molecule has 0 radical (unpaired) electrons. The molecule has 0 saturated heterocycles. The molecule has 0 aliphatic rings. The fourth-order valence-corrected chi connectivity index (χ4v) is 1.24. The zero-order valence-electron chi connectivity index (χ0n) is 9.50. The molecule has 1 heterocycles. The first kappa shape index (κ1) is 13.2. The Balaban J connectivity index is 2.35. The van der Waals surface area contributed by atoms with Crippen LogP contribution >= 0.6 is 0 Å². The highest BCUT2D eigenvalue weighted by molar-refractivity contribution is 5.84. The van der Waals surface area contributed by atoms with Crippen molar-refractivity contribution in [1.82, 2.24) is 15.1 Å².